The van der Waals surface area contributed by atoms with Crippen LogP contribution in [0.15, 0.2) is 16.4 Å². The normalized spacial score (nSPS) is 17.8. The van der Waals surface area contributed by atoms with Crippen LogP contribution in [-0.2, 0) is 13.0 Å². The summed E-state index contributed by atoms with van der Waals surface area (Å²) in [6.07, 6.45) is 1.16. The van der Waals surface area contributed by atoms with E-state index in [9.17, 15) is 0 Å². The number of thiophene rings is 1. The zero-order valence-electron chi connectivity index (χ0n) is 13.3. The van der Waals surface area contributed by atoms with E-state index in [1.165, 1.54) is 5.56 Å². The molecule has 1 atom stereocenters. The van der Waals surface area contributed by atoms with Crippen molar-refractivity contribution in [3.05, 3.63) is 21.9 Å². The van der Waals surface area contributed by atoms with E-state index in [4.69, 9.17) is 5.73 Å². The maximum atomic E-state index is 5.92. The van der Waals surface area contributed by atoms with Crippen molar-refractivity contribution in [2.45, 2.75) is 52.2 Å². The molecule has 2 rings (SSSR count). The third kappa shape index (κ3) is 5.75. The van der Waals surface area contributed by atoms with Gasteiger partial charge in [0.2, 0.25) is 0 Å². The summed E-state index contributed by atoms with van der Waals surface area (Å²) in [5.74, 6) is 0.539. The first-order chi connectivity index (χ1) is 9.35. The zero-order chi connectivity index (χ0) is 14.8. The van der Waals surface area contributed by atoms with Crippen molar-refractivity contribution in [3.63, 3.8) is 0 Å². The van der Waals surface area contributed by atoms with Gasteiger partial charge in [0.25, 0.3) is 0 Å². The van der Waals surface area contributed by atoms with E-state index in [0.29, 0.717) is 12.0 Å². The topological polar surface area (TPSA) is 53.6 Å². The highest BCUT2D eigenvalue weighted by Crippen LogP contribution is 2.25. The van der Waals surface area contributed by atoms with Crippen molar-refractivity contribution in [2.75, 3.05) is 13.1 Å². The van der Waals surface area contributed by atoms with E-state index in [0.717, 1.165) is 26.1 Å². The molecule has 0 saturated carbocycles. The SMILES string of the molecule is CC(CN=C(N)NC(C)(C)C)N1CCc2sccc2C1.I. The summed E-state index contributed by atoms with van der Waals surface area (Å²) in [7, 11) is 0. The molecule has 0 bridgehead atoms. The van der Waals surface area contributed by atoms with Crippen molar-refractivity contribution in [1.82, 2.24) is 10.2 Å². The fourth-order valence-electron chi connectivity index (χ4n) is 2.42. The lowest BCUT2D eigenvalue weighted by molar-refractivity contribution is 0.197. The Labute approximate surface area is 149 Å². The monoisotopic (exact) mass is 422 g/mol. The minimum Gasteiger partial charge on any atom is -0.370 e. The second-order valence-corrected chi connectivity index (χ2v) is 7.54. The molecule has 0 spiro atoms. The Bertz CT molecular complexity index is 478. The standard InChI is InChI=1S/C15H26N4S.HI/c1-11(9-17-14(16)18-15(2,3)4)19-7-5-13-12(10-19)6-8-20-13;/h6,8,11H,5,7,9-10H2,1-4H3,(H3,16,17,18);1H. The Morgan fingerprint density at radius 1 is 1.52 bits per heavy atom. The molecule has 0 aliphatic carbocycles. The first kappa shape index (κ1) is 18.7. The van der Waals surface area contributed by atoms with Crippen molar-refractivity contribution < 1.29 is 0 Å². The van der Waals surface area contributed by atoms with Crippen molar-refractivity contribution in [2.24, 2.45) is 10.7 Å². The van der Waals surface area contributed by atoms with E-state index in [-0.39, 0.29) is 29.5 Å². The molecule has 1 aliphatic heterocycles. The third-order valence-electron chi connectivity index (χ3n) is 3.49. The molecule has 1 unspecified atom stereocenters. The van der Waals surface area contributed by atoms with Gasteiger partial charge in [-0.25, -0.2) is 0 Å². The average Bonchev–Trinajstić information content (AvgIpc) is 2.80. The summed E-state index contributed by atoms with van der Waals surface area (Å²) in [6.45, 7) is 11.4. The van der Waals surface area contributed by atoms with Crippen LogP contribution in [0.25, 0.3) is 0 Å². The lowest BCUT2D eigenvalue weighted by Crippen LogP contribution is -2.46. The molecular formula is C15H27IN4S. The Morgan fingerprint density at radius 2 is 2.24 bits per heavy atom. The number of hydrogen-bond donors (Lipinski definition) is 2. The first-order valence-corrected chi connectivity index (χ1v) is 8.10. The molecule has 4 nitrogen and oxygen atoms in total. The van der Waals surface area contributed by atoms with Crippen LogP contribution >= 0.6 is 35.3 Å². The predicted molar refractivity (Wildman–Crippen MR) is 103 cm³/mol. The van der Waals surface area contributed by atoms with Gasteiger partial charge in [-0.05, 0) is 51.1 Å². The van der Waals surface area contributed by atoms with E-state index >= 15 is 0 Å². The number of nitrogens with one attached hydrogen (secondary N) is 1. The Balaban J connectivity index is 0.00000220. The lowest BCUT2D eigenvalue weighted by atomic mass is 10.1. The van der Waals surface area contributed by atoms with Gasteiger partial charge in [0.15, 0.2) is 5.96 Å². The number of rotatable bonds is 3. The number of guanidine groups is 1. The van der Waals surface area contributed by atoms with E-state index in [1.807, 2.05) is 11.3 Å². The number of aliphatic imine (C=N–C) groups is 1. The minimum absolute atomic E-state index is 0. The highest BCUT2D eigenvalue weighted by atomic mass is 127. The smallest absolute Gasteiger partial charge is 0.189 e. The number of hydrogen-bond acceptors (Lipinski definition) is 3. The molecule has 1 aromatic rings. The molecule has 0 saturated heterocycles. The summed E-state index contributed by atoms with van der Waals surface area (Å²) in [4.78, 5) is 8.51. The van der Waals surface area contributed by atoms with E-state index < -0.39 is 0 Å². The van der Waals surface area contributed by atoms with Gasteiger partial charge < -0.3 is 11.1 Å². The number of fused-ring (bicyclic) bond motifs is 1. The summed E-state index contributed by atoms with van der Waals surface area (Å²) >= 11 is 1.88. The maximum absolute atomic E-state index is 5.92. The molecule has 0 amide bonds. The van der Waals surface area contributed by atoms with Gasteiger partial charge in [-0.1, -0.05) is 0 Å². The second kappa shape index (κ2) is 7.78. The summed E-state index contributed by atoms with van der Waals surface area (Å²) in [5.41, 5.74) is 7.37. The molecule has 1 aromatic heterocycles. The third-order valence-corrected chi connectivity index (χ3v) is 4.51. The van der Waals surface area contributed by atoms with Crippen LogP contribution in [-0.4, -0.2) is 35.5 Å². The van der Waals surface area contributed by atoms with Gasteiger partial charge in [-0.3, -0.25) is 9.89 Å². The van der Waals surface area contributed by atoms with Crippen LogP contribution in [0.4, 0.5) is 0 Å². The molecule has 0 radical (unpaired) electrons. The molecule has 0 aromatic carbocycles. The van der Waals surface area contributed by atoms with Crippen molar-refractivity contribution >= 4 is 41.3 Å². The quantitative estimate of drug-likeness (QED) is 0.448. The highest BCUT2D eigenvalue weighted by Gasteiger charge is 2.21. The van der Waals surface area contributed by atoms with Gasteiger partial charge in [-0.2, -0.15) is 0 Å². The van der Waals surface area contributed by atoms with Gasteiger partial charge in [-0.15, -0.1) is 35.3 Å². The fraction of sp³-hybridized carbons (Fsp3) is 0.667. The number of nitrogens with two attached hydrogens (primary N) is 1. The molecule has 2 heterocycles. The molecular weight excluding hydrogens is 395 g/mol. The summed E-state index contributed by atoms with van der Waals surface area (Å²) < 4.78 is 0. The van der Waals surface area contributed by atoms with E-state index in [1.54, 1.807) is 4.88 Å². The second-order valence-electron chi connectivity index (χ2n) is 6.54. The van der Waals surface area contributed by atoms with Gasteiger partial charge >= 0.3 is 0 Å². The predicted octanol–water partition coefficient (Wildman–Crippen LogP) is 2.82. The number of nitrogens with zero attached hydrogens (tertiary/aromatic N) is 2. The van der Waals surface area contributed by atoms with Crippen LogP contribution in [0, 0.1) is 0 Å². The Kier molecular flexibility index (Phi) is 6.93. The van der Waals surface area contributed by atoms with Crippen LogP contribution in [0.3, 0.4) is 0 Å². The van der Waals surface area contributed by atoms with Crippen molar-refractivity contribution in [3.8, 4) is 0 Å². The maximum Gasteiger partial charge on any atom is 0.189 e. The molecule has 3 N–H and O–H groups in total. The van der Waals surface area contributed by atoms with Crippen LogP contribution < -0.4 is 11.1 Å². The van der Waals surface area contributed by atoms with Gasteiger partial charge in [0, 0.05) is 29.5 Å². The van der Waals surface area contributed by atoms with Crippen LogP contribution in [0.1, 0.15) is 38.1 Å². The zero-order valence-corrected chi connectivity index (χ0v) is 16.5. The minimum atomic E-state index is -0.0342. The fourth-order valence-corrected chi connectivity index (χ4v) is 3.31. The largest absolute Gasteiger partial charge is 0.370 e. The Hall–Kier alpha value is -0.340. The molecule has 120 valence electrons. The van der Waals surface area contributed by atoms with Crippen LogP contribution in [0.2, 0.25) is 0 Å². The highest BCUT2D eigenvalue weighted by molar-refractivity contribution is 14.0. The summed E-state index contributed by atoms with van der Waals surface area (Å²) in [6, 6.07) is 2.67. The number of halogens is 1. The van der Waals surface area contributed by atoms with Crippen molar-refractivity contribution in [1.29, 1.82) is 0 Å². The Morgan fingerprint density at radius 3 is 2.90 bits per heavy atom. The summed E-state index contributed by atoms with van der Waals surface area (Å²) in [5, 5.41) is 5.40. The van der Waals surface area contributed by atoms with Gasteiger partial charge in [0.1, 0.15) is 0 Å². The first-order valence-electron chi connectivity index (χ1n) is 7.22. The molecule has 21 heavy (non-hydrogen) atoms. The van der Waals surface area contributed by atoms with Crippen LogP contribution in [0.5, 0.6) is 0 Å². The average molecular weight is 422 g/mol. The molecule has 0 fully saturated rings. The lowest BCUT2D eigenvalue weighted by Gasteiger charge is -2.31. The van der Waals surface area contributed by atoms with E-state index in [2.05, 4.69) is 54.4 Å². The van der Waals surface area contributed by atoms with Gasteiger partial charge in [0.05, 0.1) is 6.54 Å². The molecule has 6 heteroatoms. The molecule has 1 aliphatic rings.